The van der Waals surface area contributed by atoms with Gasteiger partial charge in [0.2, 0.25) is 0 Å². The largest absolute Gasteiger partial charge is 0.462 e. The molecule has 0 spiro atoms. The molecule has 3 rings (SSSR count). The Labute approximate surface area is 167 Å². The molecule has 0 aliphatic rings. The average Bonchev–Trinajstić information content (AvgIpc) is 3.08. The maximum atomic E-state index is 12.3. The van der Waals surface area contributed by atoms with Crippen LogP contribution in [0.2, 0.25) is 5.02 Å². The van der Waals surface area contributed by atoms with E-state index in [-0.39, 0.29) is 23.9 Å². The number of nitrogens with zero attached hydrogens (tertiary/aromatic N) is 2. The van der Waals surface area contributed by atoms with Crippen molar-refractivity contribution in [2.24, 2.45) is 0 Å². The second-order valence-electron chi connectivity index (χ2n) is 5.94. The number of ether oxygens (including phenoxy) is 1. The molecule has 0 unspecified atom stereocenters. The number of aromatic nitrogens is 2. The molecule has 1 heterocycles. The number of carbonyl (C=O) groups is 2. The van der Waals surface area contributed by atoms with Gasteiger partial charge in [-0.3, -0.25) is 4.79 Å². The van der Waals surface area contributed by atoms with Crippen LogP contribution in [0.1, 0.15) is 33.2 Å². The summed E-state index contributed by atoms with van der Waals surface area (Å²) in [6.07, 6.45) is 1.36. The molecule has 3 N–H and O–H groups in total. The standard InChI is InChI=1S/C20H19ClN4O3/c1-2-28-20(27)17-12-24-25(18(17)22)16-8-6-14(7-9-16)19(26)23-11-13-4-3-5-15(21)10-13/h3-10,12H,2,11,22H2,1H3,(H,23,26). The van der Waals surface area contributed by atoms with Gasteiger partial charge >= 0.3 is 5.97 Å². The van der Waals surface area contributed by atoms with E-state index in [1.807, 2.05) is 12.1 Å². The summed E-state index contributed by atoms with van der Waals surface area (Å²) in [5, 5.41) is 7.59. The van der Waals surface area contributed by atoms with Crippen molar-refractivity contribution < 1.29 is 14.3 Å². The first kappa shape index (κ1) is 19.4. The van der Waals surface area contributed by atoms with Gasteiger partial charge in [-0.1, -0.05) is 23.7 Å². The molecule has 0 aliphatic heterocycles. The molecule has 1 amide bonds. The van der Waals surface area contributed by atoms with E-state index in [0.29, 0.717) is 22.8 Å². The SMILES string of the molecule is CCOC(=O)c1cnn(-c2ccc(C(=O)NCc3cccc(Cl)c3)cc2)c1N. The molecule has 0 saturated heterocycles. The van der Waals surface area contributed by atoms with Crippen molar-refractivity contribution in [1.82, 2.24) is 15.1 Å². The van der Waals surface area contributed by atoms with Gasteiger partial charge in [0.05, 0.1) is 18.5 Å². The van der Waals surface area contributed by atoms with Gasteiger partial charge in [-0.05, 0) is 48.9 Å². The van der Waals surface area contributed by atoms with E-state index in [1.54, 1.807) is 43.3 Å². The van der Waals surface area contributed by atoms with E-state index in [2.05, 4.69) is 10.4 Å². The first-order valence-electron chi connectivity index (χ1n) is 8.63. The van der Waals surface area contributed by atoms with Crippen molar-refractivity contribution in [3.05, 3.63) is 76.4 Å². The van der Waals surface area contributed by atoms with E-state index in [0.717, 1.165) is 5.56 Å². The van der Waals surface area contributed by atoms with Crippen LogP contribution in [0, 0.1) is 0 Å². The Morgan fingerprint density at radius 2 is 1.96 bits per heavy atom. The Bertz CT molecular complexity index is 999. The number of amides is 1. The minimum atomic E-state index is -0.525. The first-order valence-corrected chi connectivity index (χ1v) is 9.01. The van der Waals surface area contributed by atoms with Crippen LogP contribution in [-0.4, -0.2) is 28.3 Å². The van der Waals surface area contributed by atoms with Crippen molar-refractivity contribution in [2.75, 3.05) is 12.3 Å². The number of benzene rings is 2. The molecule has 0 atom stereocenters. The number of esters is 1. The Morgan fingerprint density at radius 1 is 1.21 bits per heavy atom. The Kier molecular flexibility index (Phi) is 5.96. The van der Waals surface area contributed by atoms with Crippen molar-refractivity contribution >= 4 is 29.3 Å². The lowest BCUT2D eigenvalue weighted by atomic mass is 10.1. The summed E-state index contributed by atoms with van der Waals surface area (Å²) < 4.78 is 6.36. The molecule has 3 aromatic rings. The van der Waals surface area contributed by atoms with Crippen molar-refractivity contribution in [3.8, 4) is 5.69 Å². The fourth-order valence-corrected chi connectivity index (χ4v) is 2.83. The lowest BCUT2D eigenvalue weighted by molar-refractivity contribution is 0.0527. The zero-order chi connectivity index (χ0) is 20.1. The molecule has 8 heteroatoms. The summed E-state index contributed by atoms with van der Waals surface area (Å²) in [6.45, 7) is 2.34. The van der Waals surface area contributed by atoms with Crippen molar-refractivity contribution in [1.29, 1.82) is 0 Å². The number of hydrogen-bond donors (Lipinski definition) is 2. The molecule has 7 nitrogen and oxygen atoms in total. The number of nitrogens with two attached hydrogens (primary N) is 1. The maximum absolute atomic E-state index is 12.3. The number of nitrogen functional groups attached to an aromatic ring is 1. The van der Waals surface area contributed by atoms with Gasteiger partial charge in [0.15, 0.2) is 0 Å². The van der Waals surface area contributed by atoms with Crippen LogP contribution in [0.25, 0.3) is 5.69 Å². The van der Waals surface area contributed by atoms with Gasteiger partial charge < -0.3 is 15.8 Å². The number of halogens is 1. The van der Waals surface area contributed by atoms with Crippen LogP contribution in [0.3, 0.4) is 0 Å². The first-order chi connectivity index (χ1) is 13.5. The summed E-state index contributed by atoms with van der Waals surface area (Å²) in [5.41, 5.74) is 8.22. The molecule has 28 heavy (non-hydrogen) atoms. The highest BCUT2D eigenvalue weighted by molar-refractivity contribution is 6.30. The number of carbonyl (C=O) groups excluding carboxylic acids is 2. The fraction of sp³-hybridized carbons (Fsp3) is 0.150. The molecule has 144 valence electrons. The summed E-state index contributed by atoms with van der Waals surface area (Å²) in [4.78, 5) is 24.2. The normalized spacial score (nSPS) is 10.5. The third-order valence-electron chi connectivity index (χ3n) is 4.02. The quantitative estimate of drug-likeness (QED) is 0.621. The van der Waals surface area contributed by atoms with Gasteiger partial charge in [-0.25, -0.2) is 9.48 Å². The third kappa shape index (κ3) is 4.32. The van der Waals surface area contributed by atoms with Crippen LogP contribution < -0.4 is 11.1 Å². The van der Waals surface area contributed by atoms with Crippen molar-refractivity contribution in [3.63, 3.8) is 0 Å². The van der Waals surface area contributed by atoms with E-state index < -0.39 is 5.97 Å². The number of rotatable bonds is 6. The molecular weight excluding hydrogens is 380 g/mol. The molecule has 0 radical (unpaired) electrons. The molecule has 0 aliphatic carbocycles. The molecule has 2 aromatic carbocycles. The number of nitrogens with one attached hydrogen (secondary N) is 1. The Hall–Kier alpha value is -3.32. The monoisotopic (exact) mass is 398 g/mol. The number of anilines is 1. The van der Waals surface area contributed by atoms with Gasteiger partial charge in [0.1, 0.15) is 11.4 Å². The molecule has 0 saturated carbocycles. The topological polar surface area (TPSA) is 99.2 Å². The molecule has 0 bridgehead atoms. The lowest BCUT2D eigenvalue weighted by Gasteiger charge is -2.08. The van der Waals surface area contributed by atoms with E-state index in [1.165, 1.54) is 10.9 Å². The maximum Gasteiger partial charge on any atom is 0.343 e. The van der Waals surface area contributed by atoms with Crippen LogP contribution in [0.4, 0.5) is 5.82 Å². The number of hydrogen-bond acceptors (Lipinski definition) is 5. The second kappa shape index (κ2) is 8.58. The zero-order valence-corrected chi connectivity index (χ0v) is 15.9. The fourth-order valence-electron chi connectivity index (χ4n) is 2.62. The lowest BCUT2D eigenvalue weighted by Crippen LogP contribution is -2.22. The van der Waals surface area contributed by atoms with Crippen LogP contribution >= 0.6 is 11.6 Å². The van der Waals surface area contributed by atoms with Gasteiger partial charge in [0, 0.05) is 17.1 Å². The van der Waals surface area contributed by atoms with Crippen LogP contribution in [0.15, 0.2) is 54.7 Å². The third-order valence-corrected chi connectivity index (χ3v) is 4.25. The van der Waals surface area contributed by atoms with E-state index >= 15 is 0 Å². The van der Waals surface area contributed by atoms with Gasteiger partial charge in [0.25, 0.3) is 5.91 Å². The Balaban J connectivity index is 1.69. The van der Waals surface area contributed by atoms with Crippen LogP contribution in [-0.2, 0) is 11.3 Å². The highest BCUT2D eigenvalue weighted by Gasteiger charge is 2.17. The van der Waals surface area contributed by atoms with E-state index in [9.17, 15) is 9.59 Å². The molecule has 0 fully saturated rings. The minimum Gasteiger partial charge on any atom is -0.462 e. The van der Waals surface area contributed by atoms with Crippen molar-refractivity contribution in [2.45, 2.75) is 13.5 Å². The molecular formula is C20H19ClN4O3. The predicted molar refractivity (Wildman–Crippen MR) is 107 cm³/mol. The smallest absolute Gasteiger partial charge is 0.343 e. The summed E-state index contributed by atoms with van der Waals surface area (Å²) in [6, 6.07) is 14.0. The Morgan fingerprint density at radius 3 is 2.64 bits per heavy atom. The minimum absolute atomic E-state index is 0.177. The highest BCUT2D eigenvalue weighted by atomic mass is 35.5. The van der Waals surface area contributed by atoms with E-state index in [4.69, 9.17) is 22.1 Å². The van der Waals surface area contributed by atoms with Gasteiger partial charge in [-0.15, -0.1) is 0 Å². The predicted octanol–water partition coefficient (Wildman–Crippen LogP) is 3.21. The average molecular weight is 399 g/mol. The van der Waals surface area contributed by atoms with Crippen LogP contribution in [0.5, 0.6) is 0 Å². The zero-order valence-electron chi connectivity index (χ0n) is 15.2. The summed E-state index contributed by atoms with van der Waals surface area (Å²) in [5.74, 6) is -0.563. The summed E-state index contributed by atoms with van der Waals surface area (Å²) in [7, 11) is 0. The van der Waals surface area contributed by atoms with Gasteiger partial charge in [-0.2, -0.15) is 5.10 Å². The summed E-state index contributed by atoms with van der Waals surface area (Å²) >= 11 is 5.94. The molecule has 1 aromatic heterocycles. The second-order valence-corrected chi connectivity index (χ2v) is 6.37. The highest BCUT2D eigenvalue weighted by Crippen LogP contribution is 2.18.